The van der Waals surface area contributed by atoms with Crippen molar-refractivity contribution in [3.63, 3.8) is 0 Å². The predicted molar refractivity (Wildman–Crippen MR) is 82.6 cm³/mol. The van der Waals surface area contributed by atoms with Crippen LogP contribution < -0.4 is 5.32 Å². The average Bonchev–Trinajstić information content (AvgIpc) is 2.73. The van der Waals surface area contributed by atoms with Crippen LogP contribution in [-0.4, -0.2) is 16.3 Å². The van der Waals surface area contributed by atoms with Crippen molar-refractivity contribution in [1.82, 2.24) is 15.1 Å². The molecule has 1 aromatic heterocycles. The Balaban J connectivity index is 2.54. The summed E-state index contributed by atoms with van der Waals surface area (Å²) in [6.07, 6.45) is 1.90. The molecule has 0 saturated heterocycles. The maximum atomic E-state index is 14.4. The molecule has 0 aliphatic carbocycles. The van der Waals surface area contributed by atoms with Crippen LogP contribution in [0.25, 0.3) is 0 Å². The minimum Gasteiger partial charge on any atom is -0.306 e. The minimum atomic E-state index is -0.407. The van der Waals surface area contributed by atoms with Crippen molar-refractivity contribution in [1.29, 1.82) is 0 Å². The Morgan fingerprint density at radius 3 is 2.70 bits per heavy atom. The van der Waals surface area contributed by atoms with Crippen LogP contribution in [0.15, 0.2) is 22.8 Å². The predicted octanol–water partition coefficient (Wildman–Crippen LogP) is 3.98. The van der Waals surface area contributed by atoms with E-state index in [0.29, 0.717) is 16.6 Å². The summed E-state index contributed by atoms with van der Waals surface area (Å²) in [6, 6.07) is 3.24. The fourth-order valence-corrected chi connectivity index (χ4v) is 2.74. The number of rotatable bonds is 4. The lowest BCUT2D eigenvalue weighted by Gasteiger charge is -2.19. The fourth-order valence-electron chi connectivity index (χ4n) is 2.26. The molecule has 0 fully saturated rings. The lowest BCUT2D eigenvalue weighted by atomic mass is 9.99. The van der Waals surface area contributed by atoms with Crippen LogP contribution in [-0.2, 0) is 7.05 Å². The number of hydrogen-bond acceptors (Lipinski definition) is 2. The lowest BCUT2D eigenvalue weighted by Crippen LogP contribution is -2.23. The van der Waals surface area contributed by atoms with E-state index in [1.165, 1.54) is 0 Å². The molecule has 2 rings (SSSR count). The fraction of sp³-hybridized carbons (Fsp3) is 0.357. The average molecular weight is 361 g/mol. The molecule has 1 unspecified atom stereocenters. The van der Waals surface area contributed by atoms with E-state index in [4.69, 9.17) is 11.6 Å². The van der Waals surface area contributed by atoms with Gasteiger partial charge in [-0.15, -0.1) is 0 Å². The first-order valence-corrected chi connectivity index (χ1v) is 7.49. The quantitative estimate of drug-likeness (QED) is 0.836. The van der Waals surface area contributed by atoms with Crippen molar-refractivity contribution in [2.75, 3.05) is 6.54 Å². The summed E-state index contributed by atoms with van der Waals surface area (Å²) in [6.45, 7) is 4.61. The van der Waals surface area contributed by atoms with Crippen LogP contribution in [0, 0.1) is 12.7 Å². The molecule has 6 heteroatoms. The number of hydrogen-bond donors (Lipinski definition) is 1. The van der Waals surface area contributed by atoms with Crippen molar-refractivity contribution >= 4 is 27.5 Å². The summed E-state index contributed by atoms with van der Waals surface area (Å²) in [5.41, 5.74) is 2.35. The normalized spacial score (nSPS) is 12.7. The molecule has 1 atom stereocenters. The van der Waals surface area contributed by atoms with Crippen molar-refractivity contribution in [3.05, 3.63) is 50.5 Å². The summed E-state index contributed by atoms with van der Waals surface area (Å²) >= 11 is 9.22. The Bertz CT molecular complexity index is 627. The second kappa shape index (κ2) is 6.24. The molecule has 108 valence electrons. The van der Waals surface area contributed by atoms with E-state index in [9.17, 15) is 4.39 Å². The molecule has 0 amide bonds. The Kier molecular flexibility index (Phi) is 4.83. The zero-order valence-electron chi connectivity index (χ0n) is 11.5. The maximum Gasteiger partial charge on any atom is 0.148 e. The van der Waals surface area contributed by atoms with Gasteiger partial charge in [-0.1, -0.05) is 24.6 Å². The molecule has 1 aromatic carbocycles. The number of nitrogens with zero attached hydrogens (tertiary/aromatic N) is 2. The van der Waals surface area contributed by atoms with E-state index in [0.717, 1.165) is 11.3 Å². The number of halogens is 3. The monoisotopic (exact) mass is 359 g/mol. The topological polar surface area (TPSA) is 29.9 Å². The van der Waals surface area contributed by atoms with Gasteiger partial charge in [0.15, 0.2) is 0 Å². The SMILES string of the molecule is CCNC(c1cn(C)nc1C)c1ccc(Br)c(Cl)c1F. The van der Waals surface area contributed by atoms with Gasteiger partial charge in [-0.25, -0.2) is 4.39 Å². The molecular weight excluding hydrogens is 345 g/mol. The first-order valence-electron chi connectivity index (χ1n) is 6.32. The van der Waals surface area contributed by atoms with Crippen molar-refractivity contribution in [2.45, 2.75) is 19.9 Å². The Morgan fingerprint density at radius 2 is 2.15 bits per heavy atom. The van der Waals surface area contributed by atoms with Crippen LogP contribution in [0.3, 0.4) is 0 Å². The molecule has 0 radical (unpaired) electrons. The third-order valence-corrected chi connectivity index (χ3v) is 4.41. The molecule has 0 aliphatic rings. The first-order chi connectivity index (χ1) is 9.45. The van der Waals surface area contributed by atoms with Gasteiger partial charge < -0.3 is 5.32 Å². The molecular formula is C14H16BrClFN3. The van der Waals surface area contributed by atoms with Crippen molar-refractivity contribution in [2.24, 2.45) is 7.05 Å². The van der Waals surface area contributed by atoms with E-state index in [1.807, 2.05) is 27.1 Å². The molecule has 1 heterocycles. The highest BCUT2D eigenvalue weighted by Gasteiger charge is 2.23. The van der Waals surface area contributed by atoms with Crippen molar-refractivity contribution in [3.8, 4) is 0 Å². The smallest absolute Gasteiger partial charge is 0.148 e. The van der Waals surface area contributed by atoms with Crippen LogP contribution >= 0.6 is 27.5 Å². The van der Waals surface area contributed by atoms with Gasteiger partial charge in [0.2, 0.25) is 0 Å². The van der Waals surface area contributed by atoms with E-state index in [-0.39, 0.29) is 11.1 Å². The van der Waals surface area contributed by atoms with Gasteiger partial charge in [0.25, 0.3) is 0 Å². The Labute approximate surface area is 131 Å². The molecule has 0 aliphatic heterocycles. The highest BCUT2D eigenvalue weighted by Crippen LogP contribution is 2.33. The largest absolute Gasteiger partial charge is 0.306 e. The zero-order valence-corrected chi connectivity index (χ0v) is 13.9. The second-order valence-electron chi connectivity index (χ2n) is 4.60. The zero-order chi connectivity index (χ0) is 14.9. The lowest BCUT2D eigenvalue weighted by molar-refractivity contribution is 0.557. The number of aromatic nitrogens is 2. The molecule has 0 spiro atoms. The molecule has 0 saturated carbocycles. The van der Waals surface area contributed by atoms with Gasteiger partial charge in [0.05, 0.1) is 16.8 Å². The molecule has 1 N–H and O–H groups in total. The van der Waals surface area contributed by atoms with Crippen LogP contribution in [0.4, 0.5) is 4.39 Å². The van der Waals surface area contributed by atoms with E-state index >= 15 is 0 Å². The highest BCUT2D eigenvalue weighted by atomic mass is 79.9. The van der Waals surface area contributed by atoms with Crippen LogP contribution in [0.1, 0.15) is 29.8 Å². The first kappa shape index (κ1) is 15.5. The van der Waals surface area contributed by atoms with E-state index in [2.05, 4.69) is 26.3 Å². The molecule has 3 nitrogen and oxygen atoms in total. The summed E-state index contributed by atoms with van der Waals surface area (Å²) in [4.78, 5) is 0. The van der Waals surface area contributed by atoms with Crippen LogP contribution in [0.5, 0.6) is 0 Å². The number of aryl methyl sites for hydroxylation is 2. The molecule has 20 heavy (non-hydrogen) atoms. The third kappa shape index (κ3) is 2.90. The van der Waals surface area contributed by atoms with E-state index < -0.39 is 5.82 Å². The van der Waals surface area contributed by atoms with Gasteiger partial charge in [0, 0.05) is 28.8 Å². The Morgan fingerprint density at radius 1 is 1.45 bits per heavy atom. The van der Waals surface area contributed by atoms with Gasteiger partial charge in [0.1, 0.15) is 5.82 Å². The molecule has 0 bridgehead atoms. The highest BCUT2D eigenvalue weighted by molar-refractivity contribution is 9.10. The Hall–Kier alpha value is -0.910. The minimum absolute atomic E-state index is 0.104. The van der Waals surface area contributed by atoms with Gasteiger partial charge in [-0.3, -0.25) is 4.68 Å². The van der Waals surface area contributed by atoms with Gasteiger partial charge >= 0.3 is 0 Å². The standard InChI is InChI=1S/C14H16BrClFN3/c1-4-18-14(10-7-20(3)19-8(10)2)9-5-6-11(15)12(16)13(9)17/h5-7,14,18H,4H2,1-3H3. The van der Waals surface area contributed by atoms with Gasteiger partial charge in [-0.2, -0.15) is 5.10 Å². The summed E-state index contributed by atoms with van der Waals surface area (Å²) in [5.74, 6) is -0.407. The van der Waals surface area contributed by atoms with Gasteiger partial charge in [-0.05, 0) is 35.5 Å². The summed E-state index contributed by atoms with van der Waals surface area (Å²) in [7, 11) is 1.85. The van der Waals surface area contributed by atoms with Crippen LogP contribution in [0.2, 0.25) is 5.02 Å². The number of nitrogens with one attached hydrogen (secondary N) is 1. The van der Waals surface area contributed by atoms with E-state index in [1.54, 1.807) is 16.8 Å². The van der Waals surface area contributed by atoms with Crippen molar-refractivity contribution < 1.29 is 4.39 Å². The summed E-state index contributed by atoms with van der Waals surface area (Å²) < 4.78 is 16.7. The molecule has 2 aromatic rings. The maximum absolute atomic E-state index is 14.4. The number of benzene rings is 1. The summed E-state index contributed by atoms with van der Waals surface area (Å²) in [5, 5.41) is 7.71. The third-order valence-electron chi connectivity index (χ3n) is 3.15. The second-order valence-corrected chi connectivity index (χ2v) is 5.83.